The van der Waals surface area contributed by atoms with Crippen molar-refractivity contribution in [2.45, 2.75) is 26.2 Å². The second-order valence-corrected chi connectivity index (χ2v) is 8.07. The Morgan fingerprint density at radius 2 is 1.72 bits per heavy atom. The van der Waals surface area contributed by atoms with Gasteiger partial charge >= 0.3 is 11.9 Å². The van der Waals surface area contributed by atoms with Crippen molar-refractivity contribution in [3.63, 3.8) is 0 Å². The molecule has 1 heterocycles. The van der Waals surface area contributed by atoms with E-state index in [1.54, 1.807) is 24.3 Å². The zero-order valence-electron chi connectivity index (χ0n) is 17.8. The topological polar surface area (TPSA) is 121 Å². The van der Waals surface area contributed by atoms with Gasteiger partial charge in [-0.2, -0.15) is 0 Å². The molecule has 4 rings (SSSR count). The fraction of sp³-hybridized carbons (Fsp3) is 0.240. The van der Waals surface area contributed by atoms with Gasteiger partial charge in [0.05, 0.1) is 5.41 Å². The smallest absolute Gasteiger partial charge is 0.331 e. The molecule has 0 fully saturated rings. The van der Waals surface area contributed by atoms with Crippen LogP contribution in [0.25, 0.3) is 0 Å². The van der Waals surface area contributed by atoms with E-state index < -0.39 is 17.4 Å². The number of rotatable bonds is 3. The molecule has 7 nitrogen and oxygen atoms in total. The van der Waals surface area contributed by atoms with Crippen LogP contribution in [0.15, 0.2) is 72.3 Å². The number of nitrogens with zero attached hydrogens (tertiary/aromatic N) is 1. The molecule has 32 heavy (non-hydrogen) atoms. The molecule has 0 spiro atoms. The summed E-state index contributed by atoms with van der Waals surface area (Å²) in [5.74, 6) is -2.01. The molecule has 1 aliphatic heterocycles. The van der Waals surface area contributed by atoms with E-state index in [-0.39, 0.29) is 17.9 Å². The Labute approximate surface area is 186 Å². The molecule has 0 saturated heterocycles. The van der Waals surface area contributed by atoms with Crippen molar-refractivity contribution in [1.29, 1.82) is 0 Å². The van der Waals surface area contributed by atoms with Gasteiger partial charge in [-0.25, -0.2) is 4.79 Å². The zero-order valence-corrected chi connectivity index (χ0v) is 17.8. The Kier molecular flexibility index (Phi) is 6.78. The number of anilines is 2. The van der Waals surface area contributed by atoms with Crippen LogP contribution in [0.2, 0.25) is 0 Å². The van der Waals surface area contributed by atoms with Gasteiger partial charge in [-0.15, -0.1) is 0 Å². The standard InChI is InChI=1S/C16H16N2O.C9H10O4/c17-14-9-7-13(8-10-14)16(19)18-11-3-5-12-4-1-2-6-15(12)18;1-9(8(12)13)4-2-3-6(5-9)7(10)11/h1-2,4,6-10H,3,5,11,17H2;2-4H,5H2,1H3,(H,10,11)(H,12,13). The molecule has 166 valence electrons. The van der Waals surface area contributed by atoms with Crippen LogP contribution in [0.4, 0.5) is 11.4 Å². The van der Waals surface area contributed by atoms with Gasteiger partial charge in [0.15, 0.2) is 0 Å². The average molecular weight is 434 g/mol. The maximum Gasteiger partial charge on any atom is 0.331 e. The zero-order chi connectivity index (χ0) is 23.3. The number of amides is 1. The number of nitrogens with two attached hydrogens (primary N) is 1. The first kappa shape index (κ1) is 22.8. The van der Waals surface area contributed by atoms with E-state index >= 15 is 0 Å². The molecule has 0 radical (unpaired) electrons. The second-order valence-electron chi connectivity index (χ2n) is 8.07. The minimum absolute atomic E-state index is 0.0359. The quantitative estimate of drug-likeness (QED) is 0.630. The van der Waals surface area contributed by atoms with Crippen LogP contribution in [-0.2, 0) is 16.0 Å². The molecule has 1 amide bonds. The summed E-state index contributed by atoms with van der Waals surface area (Å²) >= 11 is 0. The number of hydrogen-bond donors (Lipinski definition) is 3. The molecule has 2 aliphatic rings. The lowest BCUT2D eigenvalue weighted by Crippen LogP contribution is -2.35. The van der Waals surface area contributed by atoms with Crippen molar-refractivity contribution in [3.8, 4) is 0 Å². The van der Waals surface area contributed by atoms with Crippen LogP contribution < -0.4 is 10.6 Å². The first-order valence-electron chi connectivity index (χ1n) is 10.3. The minimum Gasteiger partial charge on any atom is -0.481 e. The molecule has 0 aromatic heterocycles. The molecule has 2 aromatic carbocycles. The average Bonchev–Trinajstić information content (AvgIpc) is 2.79. The monoisotopic (exact) mass is 434 g/mol. The van der Waals surface area contributed by atoms with Gasteiger partial charge in [0.25, 0.3) is 5.91 Å². The van der Waals surface area contributed by atoms with E-state index in [2.05, 4.69) is 6.07 Å². The lowest BCUT2D eigenvalue weighted by molar-refractivity contribution is -0.145. The summed E-state index contributed by atoms with van der Waals surface area (Å²) in [7, 11) is 0. The van der Waals surface area contributed by atoms with Crippen molar-refractivity contribution < 1.29 is 24.6 Å². The number of nitrogen functional groups attached to an aromatic ring is 1. The molecule has 7 heteroatoms. The number of para-hydroxylation sites is 1. The maximum atomic E-state index is 12.6. The van der Waals surface area contributed by atoms with Crippen molar-refractivity contribution in [2.24, 2.45) is 5.41 Å². The van der Waals surface area contributed by atoms with Crippen LogP contribution in [0.5, 0.6) is 0 Å². The molecule has 2 aromatic rings. The summed E-state index contributed by atoms with van der Waals surface area (Å²) in [5.41, 5.74) is 8.36. The van der Waals surface area contributed by atoms with Crippen molar-refractivity contribution in [1.82, 2.24) is 0 Å². The summed E-state index contributed by atoms with van der Waals surface area (Å²) in [4.78, 5) is 35.8. The van der Waals surface area contributed by atoms with Crippen LogP contribution in [0.3, 0.4) is 0 Å². The number of benzene rings is 2. The third kappa shape index (κ3) is 5.06. The van der Waals surface area contributed by atoms with E-state index in [9.17, 15) is 14.4 Å². The van der Waals surface area contributed by atoms with Gasteiger partial charge in [0.2, 0.25) is 0 Å². The van der Waals surface area contributed by atoms with Crippen LogP contribution in [-0.4, -0.2) is 34.6 Å². The number of carbonyl (C=O) groups excluding carboxylic acids is 1. The molecule has 1 unspecified atom stereocenters. The van der Waals surface area contributed by atoms with Crippen LogP contribution >= 0.6 is 0 Å². The van der Waals surface area contributed by atoms with Gasteiger partial charge < -0.3 is 20.8 Å². The summed E-state index contributed by atoms with van der Waals surface area (Å²) < 4.78 is 0. The molecule has 1 atom stereocenters. The highest BCUT2D eigenvalue weighted by atomic mass is 16.4. The largest absolute Gasteiger partial charge is 0.481 e. The summed E-state index contributed by atoms with van der Waals surface area (Å²) in [6, 6.07) is 15.2. The number of carbonyl (C=O) groups is 3. The van der Waals surface area contributed by atoms with Crippen LogP contribution in [0.1, 0.15) is 35.7 Å². The van der Waals surface area contributed by atoms with E-state index in [0.717, 1.165) is 25.1 Å². The highest BCUT2D eigenvalue weighted by Gasteiger charge is 2.34. The number of allylic oxidation sites excluding steroid dienone is 2. The Morgan fingerprint density at radius 1 is 1.03 bits per heavy atom. The van der Waals surface area contributed by atoms with Crippen molar-refractivity contribution in [2.75, 3.05) is 17.2 Å². The number of hydrogen-bond acceptors (Lipinski definition) is 4. The number of aliphatic carboxylic acids is 2. The van der Waals surface area contributed by atoms with Gasteiger partial charge in [-0.05, 0) is 62.1 Å². The van der Waals surface area contributed by atoms with Gasteiger partial charge in [0.1, 0.15) is 0 Å². The number of carboxylic acid groups (broad SMARTS) is 2. The molecular weight excluding hydrogens is 408 g/mol. The maximum absolute atomic E-state index is 12.6. The van der Waals surface area contributed by atoms with Crippen molar-refractivity contribution in [3.05, 3.63) is 83.5 Å². The molecule has 0 bridgehead atoms. The van der Waals surface area contributed by atoms with Gasteiger partial charge in [-0.1, -0.05) is 36.4 Å². The Bertz CT molecular complexity index is 1090. The summed E-state index contributed by atoms with van der Waals surface area (Å²) in [6.45, 7) is 2.28. The fourth-order valence-corrected chi connectivity index (χ4v) is 3.71. The second kappa shape index (κ2) is 9.51. The van der Waals surface area contributed by atoms with Crippen LogP contribution in [0, 0.1) is 5.41 Å². The third-order valence-electron chi connectivity index (χ3n) is 5.60. The van der Waals surface area contributed by atoms with Gasteiger partial charge in [-0.3, -0.25) is 9.59 Å². The predicted octanol–water partition coefficient (Wildman–Crippen LogP) is 3.91. The first-order valence-corrected chi connectivity index (χ1v) is 10.3. The Hall–Kier alpha value is -3.87. The lowest BCUT2D eigenvalue weighted by atomic mass is 9.80. The van der Waals surface area contributed by atoms with E-state index in [4.69, 9.17) is 15.9 Å². The minimum atomic E-state index is -1.08. The molecule has 1 aliphatic carbocycles. The molecule has 4 N–H and O–H groups in total. The molecular formula is C25H26N2O5. The summed E-state index contributed by atoms with van der Waals surface area (Å²) in [6.07, 6.45) is 6.49. The number of fused-ring (bicyclic) bond motifs is 1. The third-order valence-corrected chi connectivity index (χ3v) is 5.60. The molecule has 0 saturated carbocycles. The highest BCUT2D eigenvalue weighted by molar-refractivity contribution is 6.06. The van der Waals surface area contributed by atoms with E-state index in [1.807, 2.05) is 23.1 Å². The van der Waals surface area contributed by atoms with Gasteiger partial charge in [0, 0.05) is 29.1 Å². The highest BCUT2D eigenvalue weighted by Crippen LogP contribution is 2.31. The summed E-state index contributed by atoms with van der Waals surface area (Å²) in [5, 5.41) is 17.5. The Morgan fingerprint density at radius 3 is 2.38 bits per heavy atom. The first-order chi connectivity index (χ1) is 15.2. The van der Waals surface area contributed by atoms with E-state index in [1.165, 1.54) is 30.7 Å². The fourth-order valence-electron chi connectivity index (χ4n) is 3.71. The predicted molar refractivity (Wildman–Crippen MR) is 123 cm³/mol. The normalized spacial score (nSPS) is 19.2. The number of aryl methyl sites for hydroxylation is 1. The lowest BCUT2D eigenvalue weighted by Gasteiger charge is -2.29. The van der Waals surface area contributed by atoms with E-state index in [0.29, 0.717) is 11.3 Å². The number of carboxylic acids is 2. The Balaban J connectivity index is 0.000000195. The van der Waals surface area contributed by atoms with Crippen molar-refractivity contribution >= 4 is 29.2 Å². The SMILES string of the molecule is CC1(C(=O)O)C=CC=C(C(=O)O)C1.Nc1ccc(C(=O)N2CCCc3ccccc32)cc1.